The van der Waals surface area contributed by atoms with Gasteiger partial charge in [0.25, 0.3) is 10.2 Å². The fraction of sp³-hybridized carbons (Fsp3) is 0.727. The van der Waals surface area contributed by atoms with Crippen molar-refractivity contribution >= 4 is 21.5 Å². The molecule has 18 heavy (non-hydrogen) atoms. The second-order valence-electron chi connectivity index (χ2n) is 4.47. The summed E-state index contributed by atoms with van der Waals surface area (Å²) in [5, 5.41) is 2.99. The number of aryl methyl sites for hydroxylation is 1. The molecule has 1 aromatic rings. The van der Waals surface area contributed by atoms with Crippen LogP contribution in [-0.4, -0.2) is 37.3 Å². The molecule has 0 aromatic carbocycles. The van der Waals surface area contributed by atoms with E-state index in [1.165, 1.54) is 0 Å². The molecule has 0 amide bonds. The molecule has 1 N–H and O–H groups in total. The van der Waals surface area contributed by atoms with Gasteiger partial charge in [-0.1, -0.05) is 6.42 Å². The summed E-state index contributed by atoms with van der Waals surface area (Å²) < 4.78 is 28.1. The molecule has 0 unspecified atom stereocenters. The Hall–Kier alpha value is -0.500. The van der Waals surface area contributed by atoms with E-state index in [-0.39, 0.29) is 0 Å². The predicted octanol–water partition coefficient (Wildman–Crippen LogP) is 1.31. The van der Waals surface area contributed by atoms with E-state index in [0.29, 0.717) is 26.1 Å². The monoisotopic (exact) mass is 289 g/mol. The lowest BCUT2D eigenvalue weighted by Crippen LogP contribution is -2.44. The quantitative estimate of drug-likeness (QED) is 0.889. The zero-order chi connectivity index (χ0) is 13.0. The normalized spacial score (nSPS) is 18.1. The average molecular weight is 289 g/mol. The van der Waals surface area contributed by atoms with Gasteiger partial charge >= 0.3 is 0 Å². The molecule has 1 aliphatic heterocycles. The first kappa shape index (κ1) is 13.9. The first-order valence-electron chi connectivity index (χ1n) is 6.24. The highest BCUT2D eigenvalue weighted by Gasteiger charge is 2.22. The molecular formula is C11H19N3O2S2. The summed E-state index contributed by atoms with van der Waals surface area (Å²) in [6, 6.07) is 0. The van der Waals surface area contributed by atoms with Crippen LogP contribution in [0.25, 0.3) is 0 Å². The van der Waals surface area contributed by atoms with Gasteiger partial charge in [-0.05, 0) is 19.8 Å². The van der Waals surface area contributed by atoms with Gasteiger partial charge in [-0.15, -0.1) is 11.3 Å². The number of nitrogens with one attached hydrogen (secondary N) is 1. The van der Waals surface area contributed by atoms with Gasteiger partial charge in [0.1, 0.15) is 0 Å². The average Bonchev–Trinajstić information content (AvgIpc) is 2.76. The Labute approximate surface area is 112 Å². The summed E-state index contributed by atoms with van der Waals surface area (Å²) in [7, 11) is -3.29. The first-order valence-corrected chi connectivity index (χ1v) is 8.56. The molecule has 1 aromatic heterocycles. The first-order chi connectivity index (χ1) is 8.58. The molecule has 7 heteroatoms. The van der Waals surface area contributed by atoms with Crippen LogP contribution in [0.3, 0.4) is 0 Å². The number of rotatable bonds is 5. The summed E-state index contributed by atoms with van der Waals surface area (Å²) in [6.45, 7) is 3.66. The Bertz CT molecular complexity index is 478. The Morgan fingerprint density at radius 3 is 2.72 bits per heavy atom. The largest absolute Gasteiger partial charge is 0.279 e. The lowest BCUT2D eigenvalue weighted by atomic mass is 10.2. The Balaban J connectivity index is 1.81. The summed E-state index contributed by atoms with van der Waals surface area (Å²) in [4.78, 5) is 4.31. The van der Waals surface area contributed by atoms with Crippen molar-refractivity contribution < 1.29 is 8.42 Å². The zero-order valence-electron chi connectivity index (χ0n) is 10.6. The Morgan fingerprint density at radius 2 is 2.11 bits per heavy atom. The number of hydrogen-bond donors (Lipinski definition) is 1. The van der Waals surface area contributed by atoms with Crippen LogP contribution in [0.15, 0.2) is 5.38 Å². The minimum atomic E-state index is -3.29. The number of aromatic nitrogens is 1. The molecule has 1 aliphatic rings. The molecule has 0 saturated carbocycles. The van der Waals surface area contributed by atoms with E-state index in [2.05, 4.69) is 9.71 Å². The third-order valence-corrected chi connectivity index (χ3v) is 5.42. The van der Waals surface area contributed by atoms with E-state index in [9.17, 15) is 8.42 Å². The van der Waals surface area contributed by atoms with E-state index in [4.69, 9.17) is 0 Å². The van der Waals surface area contributed by atoms with E-state index >= 15 is 0 Å². The van der Waals surface area contributed by atoms with Crippen molar-refractivity contribution in [2.75, 3.05) is 19.6 Å². The standard InChI is InChI=1S/C11H19N3O2S2/c1-10-13-11(9-17-10)5-6-12-18(15,16)14-7-3-2-4-8-14/h9,12H,2-8H2,1H3. The second kappa shape index (κ2) is 6.10. The summed E-state index contributed by atoms with van der Waals surface area (Å²) in [6.07, 6.45) is 3.71. The third kappa shape index (κ3) is 3.74. The van der Waals surface area contributed by atoms with E-state index in [1.54, 1.807) is 15.6 Å². The van der Waals surface area contributed by atoms with Crippen LogP contribution in [0.1, 0.15) is 30.0 Å². The highest BCUT2D eigenvalue weighted by molar-refractivity contribution is 7.87. The molecule has 1 saturated heterocycles. The lowest BCUT2D eigenvalue weighted by Gasteiger charge is -2.25. The van der Waals surface area contributed by atoms with Crippen molar-refractivity contribution in [1.82, 2.24) is 14.0 Å². The maximum atomic E-state index is 12.0. The Kier molecular flexibility index (Phi) is 4.71. The van der Waals surface area contributed by atoms with Crippen molar-refractivity contribution in [3.8, 4) is 0 Å². The van der Waals surface area contributed by atoms with Gasteiger partial charge in [0, 0.05) is 31.4 Å². The van der Waals surface area contributed by atoms with Crippen LogP contribution >= 0.6 is 11.3 Å². The fourth-order valence-corrected chi connectivity index (χ4v) is 3.96. The number of nitrogens with zero attached hydrogens (tertiary/aromatic N) is 2. The van der Waals surface area contributed by atoms with Gasteiger partial charge in [0.05, 0.1) is 10.7 Å². The van der Waals surface area contributed by atoms with Gasteiger partial charge < -0.3 is 0 Å². The lowest BCUT2D eigenvalue weighted by molar-refractivity contribution is 0.342. The summed E-state index contributed by atoms with van der Waals surface area (Å²) >= 11 is 1.59. The van der Waals surface area contributed by atoms with Crippen molar-refractivity contribution in [3.05, 3.63) is 16.1 Å². The number of hydrogen-bond acceptors (Lipinski definition) is 4. The zero-order valence-corrected chi connectivity index (χ0v) is 12.2. The molecule has 0 atom stereocenters. The fourth-order valence-electron chi connectivity index (χ4n) is 2.03. The number of piperidine rings is 1. The van der Waals surface area contributed by atoms with Crippen LogP contribution in [-0.2, 0) is 16.6 Å². The van der Waals surface area contributed by atoms with E-state index in [1.807, 2.05) is 12.3 Å². The molecule has 1 fully saturated rings. The van der Waals surface area contributed by atoms with Gasteiger partial charge in [-0.2, -0.15) is 12.7 Å². The molecule has 2 heterocycles. The van der Waals surface area contributed by atoms with Gasteiger partial charge in [-0.3, -0.25) is 0 Å². The van der Waals surface area contributed by atoms with Crippen LogP contribution in [0.4, 0.5) is 0 Å². The molecule has 0 spiro atoms. The van der Waals surface area contributed by atoms with Crippen molar-refractivity contribution in [2.45, 2.75) is 32.6 Å². The predicted molar refractivity (Wildman–Crippen MR) is 72.9 cm³/mol. The molecule has 5 nitrogen and oxygen atoms in total. The summed E-state index contributed by atoms with van der Waals surface area (Å²) in [5.74, 6) is 0. The van der Waals surface area contributed by atoms with Crippen molar-refractivity contribution in [2.24, 2.45) is 0 Å². The van der Waals surface area contributed by atoms with Crippen molar-refractivity contribution in [3.63, 3.8) is 0 Å². The van der Waals surface area contributed by atoms with Gasteiger partial charge in [0.2, 0.25) is 0 Å². The van der Waals surface area contributed by atoms with E-state index < -0.39 is 10.2 Å². The SMILES string of the molecule is Cc1nc(CCNS(=O)(=O)N2CCCCC2)cs1. The summed E-state index contributed by atoms with van der Waals surface area (Å²) in [5.41, 5.74) is 0.957. The highest BCUT2D eigenvalue weighted by atomic mass is 32.2. The van der Waals surface area contributed by atoms with Gasteiger partial charge in [-0.25, -0.2) is 9.71 Å². The third-order valence-electron chi connectivity index (χ3n) is 2.99. The van der Waals surface area contributed by atoms with E-state index in [0.717, 1.165) is 30.0 Å². The highest BCUT2D eigenvalue weighted by Crippen LogP contribution is 2.12. The van der Waals surface area contributed by atoms with Crippen molar-refractivity contribution in [1.29, 1.82) is 0 Å². The van der Waals surface area contributed by atoms with Crippen LogP contribution < -0.4 is 4.72 Å². The maximum Gasteiger partial charge on any atom is 0.279 e. The maximum absolute atomic E-state index is 12.0. The smallest absolute Gasteiger partial charge is 0.247 e. The minimum absolute atomic E-state index is 0.419. The van der Waals surface area contributed by atoms with Crippen LogP contribution in [0.5, 0.6) is 0 Å². The van der Waals surface area contributed by atoms with Crippen LogP contribution in [0, 0.1) is 6.92 Å². The molecular weight excluding hydrogens is 270 g/mol. The van der Waals surface area contributed by atoms with Crippen LogP contribution in [0.2, 0.25) is 0 Å². The molecule has 0 bridgehead atoms. The molecule has 2 rings (SSSR count). The number of thiazole rings is 1. The minimum Gasteiger partial charge on any atom is -0.247 e. The van der Waals surface area contributed by atoms with Gasteiger partial charge in [0.15, 0.2) is 0 Å². The Morgan fingerprint density at radius 1 is 1.39 bits per heavy atom. The topological polar surface area (TPSA) is 62.3 Å². The second-order valence-corrected chi connectivity index (χ2v) is 7.28. The molecule has 0 aliphatic carbocycles. The molecule has 102 valence electrons. The molecule has 0 radical (unpaired) electrons.